The van der Waals surface area contributed by atoms with Crippen LogP contribution in [-0.4, -0.2) is 57.0 Å². The van der Waals surface area contributed by atoms with E-state index in [-0.39, 0.29) is 23.4 Å². The minimum absolute atomic E-state index is 0.00626. The normalized spacial score (nSPS) is 18.7. The number of anilines is 2. The molecule has 1 saturated heterocycles. The summed E-state index contributed by atoms with van der Waals surface area (Å²) in [5.74, 6) is -0.487. The quantitative estimate of drug-likeness (QED) is 0.271. The Hall–Kier alpha value is -4.93. The van der Waals surface area contributed by atoms with Crippen LogP contribution in [0.3, 0.4) is 0 Å². The van der Waals surface area contributed by atoms with Gasteiger partial charge in [-0.05, 0) is 67.6 Å². The molecule has 6 rings (SSSR count). The molecule has 0 spiro atoms. The number of hydrogen-bond donors (Lipinski definition) is 0. The van der Waals surface area contributed by atoms with E-state index in [9.17, 15) is 26.9 Å². The molecular weight excluding hydrogens is 619 g/mol. The molecule has 0 N–H and O–H groups in total. The predicted molar refractivity (Wildman–Crippen MR) is 164 cm³/mol. The lowest BCUT2D eigenvalue weighted by molar-refractivity contribution is -0.137. The highest BCUT2D eigenvalue weighted by Crippen LogP contribution is 2.53. The molecule has 13 heteroatoms. The van der Waals surface area contributed by atoms with Crippen molar-refractivity contribution in [2.75, 3.05) is 42.0 Å². The highest BCUT2D eigenvalue weighted by Gasteiger charge is 2.60. The Kier molecular flexibility index (Phi) is 7.95. The zero-order valence-electron chi connectivity index (χ0n) is 24.6. The summed E-state index contributed by atoms with van der Waals surface area (Å²) in [5.41, 5.74) is -0.977. The van der Waals surface area contributed by atoms with Gasteiger partial charge in [0.2, 0.25) is 0 Å². The molecule has 9 nitrogen and oxygen atoms in total. The smallest absolute Gasteiger partial charge is 0.416 e. The number of para-hydroxylation sites is 1. The number of ether oxygens (including phenoxy) is 1. The standard InChI is InChI=1S/C33H28F3N5O4S/c1-2-45-30-6-4-3-5-27(30)32(40-19-17-39(18-20-40)25-13-15-38-16-14-25)28-21-23(22-37)7-12-29(28)41(31(32)42)46(43,44)26-10-8-24(9-11-26)33(34,35)36/h3-16,21H,2,17-20H2,1H3. The lowest BCUT2D eigenvalue weighted by Gasteiger charge is -2.46. The van der Waals surface area contributed by atoms with Crippen LogP contribution in [-0.2, 0) is 26.5 Å². The van der Waals surface area contributed by atoms with E-state index in [1.807, 2.05) is 17.0 Å². The zero-order chi connectivity index (χ0) is 32.7. The van der Waals surface area contributed by atoms with Gasteiger partial charge >= 0.3 is 6.18 Å². The van der Waals surface area contributed by atoms with E-state index in [2.05, 4.69) is 16.0 Å². The molecule has 236 valence electrons. The van der Waals surface area contributed by atoms with Crippen molar-refractivity contribution >= 4 is 27.3 Å². The van der Waals surface area contributed by atoms with Crippen LogP contribution in [0.1, 0.15) is 29.2 Å². The first-order valence-corrected chi connectivity index (χ1v) is 15.9. The van der Waals surface area contributed by atoms with Crippen molar-refractivity contribution in [2.45, 2.75) is 23.5 Å². The second kappa shape index (κ2) is 11.8. The van der Waals surface area contributed by atoms with Crippen molar-refractivity contribution < 1.29 is 31.1 Å². The summed E-state index contributed by atoms with van der Waals surface area (Å²) in [6, 6.07) is 20.0. The van der Waals surface area contributed by atoms with Crippen LogP contribution in [0, 0.1) is 11.3 Å². The van der Waals surface area contributed by atoms with Gasteiger partial charge in [0.25, 0.3) is 15.9 Å². The monoisotopic (exact) mass is 647 g/mol. The number of pyridine rings is 1. The summed E-state index contributed by atoms with van der Waals surface area (Å²) < 4.78 is 75.1. The fraction of sp³-hybridized carbons (Fsp3) is 0.242. The van der Waals surface area contributed by atoms with E-state index < -0.39 is 38.1 Å². The number of nitrogens with zero attached hydrogens (tertiary/aromatic N) is 5. The number of nitriles is 1. The van der Waals surface area contributed by atoms with Crippen LogP contribution >= 0.6 is 0 Å². The zero-order valence-corrected chi connectivity index (χ0v) is 25.4. The molecule has 1 fully saturated rings. The molecule has 1 atom stereocenters. The molecule has 1 unspecified atom stereocenters. The van der Waals surface area contributed by atoms with Crippen LogP contribution in [0.2, 0.25) is 0 Å². The van der Waals surface area contributed by atoms with Gasteiger partial charge < -0.3 is 9.64 Å². The second-order valence-electron chi connectivity index (χ2n) is 10.8. The fourth-order valence-corrected chi connectivity index (χ4v) is 7.70. The van der Waals surface area contributed by atoms with Gasteiger partial charge in [0.05, 0.1) is 34.4 Å². The number of carbonyl (C=O) groups is 1. The number of hydrogen-bond acceptors (Lipinski definition) is 8. The Labute approximate surface area is 264 Å². The fourth-order valence-electron chi connectivity index (χ4n) is 6.24. The predicted octanol–water partition coefficient (Wildman–Crippen LogP) is 5.17. The summed E-state index contributed by atoms with van der Waals surface area (Å²) in [4.78, 5) is 22.7. The van der Waals surface area contributed by atoms with Crippen molar-refractivity contribution in [1.29, 1.82) is 5.26 Å². The van der Waals surface area contributed by atoms with Crippen molar-refractivity contribution in [3.05, 3.63) is 114 Å². The third kappa shape index (κ3) is 5.03. The summed E-state index contributed by atoms with van der Waals surface area (Å²) in [7, 11) is -4.73. The van der Waals surface area contributed by atoms with Crippen LogP contribution < -0.4 is 13.9 Å². The number of sulfonamides is 1. The number of amides is 1. The molecule has 0 aliphatic carbocycles. The molecule has 3 aromatic carbocycles. The molecule has 46 heavy (non-hydrogen) atoms. The van der Waals surface area contributed by atoms with Crippen LogP contribution in [0.4, 0.5) is 24.5 Å². The molecule has 4 aromatic rings. The van der Waals surface area contributed by atoms with Gasteiger partial charge in [-0.1, -0.05) is 18.2 Å². The van der Waals surface area contributed by atoms with Gasteiger partial charge in [-0.3, -0.25) is 14.7 Å². The number of aromatic nitrogens is 1. The number of fused-ring (bicyclic) bond motifs is 1. The van der Waals surface area contributed by atoms with Gasteiger partial charge in [0, 0.05) is 55.4 Å². The first-order chi connectivity index (χ1) is 22.0. The summed E-state index contributed by atoms with van der Waals surface area (Å²) in [6.45, 7) is 3.65. The van der Waals surface area contributed by atoms with E-state index in [4.69, 9.17) is 4.74 Å². The average molecular weight is 648 g/mol. The second-order valence-corrected chi connectivity index (χ2v) is 12.5. The number of alkyl halides is 3. The topological polar surface area (TPSA) is 107 Å². The molecule has 3 heterocycles. The molecule has 1 aromatic heterocycles. The van der Waals surface area contributed by atoms with Gasteiger partial charge in [-0.25, -0.2) is 12.7 Å². The Balaban J connectivity index is 1.55. The maximum absolute atomic E-state index is 15.1. The van der Waals surface area contributed by atoms with Crippen molar-refractivity contribution in [3.63, 3.8) is 0 Å². The van der Waals surface area contributed by atoms with Crippen LogP contribution in [0.5, 0.6) is 5.75 Å². The highest BCUT2D eigenvalue weighted by molar-refractivity contribution is 7.93. The van der Waals surface area contributed by atoms with Gasteiger partial charge in [0.15, 0.2) is 5.54 Å². The maximum atomic E-state index is 15.1. The third-order valence-corrected chi connectivity index (χ3v) is 10.0. The van der Waals surface area contributed by atoms with Gasteiger partial charge in [-0.15, -0.1) is 0 Å². The minimum Gasteiger partial charge on any atom is -0.493 e. The summed E-state index contributed by atoms with van der Waals surface area (Å²) in [6.07, 6.45) is -1.31. The summed E-state index contributed by atoms with van der Waals surface area (Å²) >= 11 is 0. The minimum atomic E-state index is -4.73. The van der Waals surface area contributed by atoms with E-state index in [0.29, 0.717) is 53.9 Å². The Morgan fingerprint density at radius 2 is 1.61 bits per heavy atom. The Morgan fingerprint density at radius 1 is 0.935 bits per heavy atom. The van der Waals surface area contributed by atoms with Crippen molar-refractivity contribution in [2.24, 2.45) is 0 Å². The van der Waals surface area contributed by atoms with Crippen molar-refractivity contribution in [3.8, 4) is 11.8 Å². The van der Waals surface area contributed by atoms with Crippen molar-refractivity contribution in [1.82, 2.24) is 9.88 Å². The Bertz CT molecular complexity index is 1920. The first kappa shape index (κ1) is 31.1. The first-order valence-electron chi connectivity index (χ1n) is 14.5. The molecule has 0 saturated carbocycles. The van der Waals surface area contributed by atoms with E-state index in [0.717, 1.165) is 17.8 Å². The van der Waals surface area contributed by atoms with Crippen LogP contribution in [0.25, 0.3) is 0 Å². The summed E-state index contributed by atoms with van der Waals surface area (Å²) in [5, 5.41) is 9.87. The highest BCUT2D eigenvalue weighted by atomic mass is 32.2. The van der Waals surface area contributed by atoms with E-state index in [1.54, 1.807) is 43.6 Å². The molecule has 2 aliphatic heterocycles. The average Bonchev–Trinajstić information content (AvgIpc) is 3.33. The molecule has 0 radical (unpaired) electrons. The molecule has 2 aliphatic rings. The van der Waals surface area contributed by atoms with Gasteiger partial charge in [-0.2, -0.15) is 18.4 Å². The largest absolute Gasteiger partial charge is 0.493 e. The molecular formula is C33H28F3N5O4S. The Morgan fingerprint density at radius 3 is 2.24 bits per heavy atom. The lowest BCUT2D eigenvalue weighted by atomic mass is 9.80. The number of rotatable bonds is 7. The van der Waals surface area contributed by atoms with Gasteiger partial charge in [0.1, 0.15) is 5.75 Å². The van der Waals surface area contributed by atoms with Crippen LogP contribution in [0.15, 0.2) is 96.2 Å². The SMILES string of the molecule is CCOc1ccccc1C1(N2CCN(c3ccncc3)CC2)C(=O)N(S(=O)(=O)c2ccc(C(F)(F)F)cc2)c2ccc(C#N)cc21. The number of piperazine rings is 1. The third-order valence-electron chi connectivity index (χ3n) is 8.31. The van der Waals surface area contributed by atoms with E-state index >= 15 is 4.79 Å². The number of halogens is 3. The molecule has 0 bridgehead atoms. The van der Waals surface area contributed by atoms with E-state index in [1.165, 1.54) is 18.2 Å². The lowest BCUT2D eigenvalue weighted by Crippen LogP contribution is -2.60. The molecule has 1 amide bonds. The number of carbonyl (C=O) groups excluding carboxylic acids is 1. The maximum Gasteiger partial charge on any atom is 0.416 e. The number of benzene rings is 3.